The average Bonchev–Trinajstić information content (AvgIpc) is 2.83. The summed E-state index contributed by atoms with van der Waals surface area (Å²) in [5.41, 5.74) is 2.26. The van der Waals surface area contributed by atoms with Crippen molar-refractivity contribution >= 4 is 10.0 Å². The van der Waals surface area contributed by atoms with Crippen molar-refractivity contribution in [3.8, 4) is 0 Å². The molecule has 0 atom stereocenters. The number of hydrogen-bond donors (Lipinski definition) is 1. The molecule has 0 amide bonds. The predicted molar refractivity (Wildman–Crippen MR) is 80.0 cm³/mol. The molecule has 0 aliphatic carbocycles. The van der Waals surface area contributed by atoms with Gasteiger partial charge in [0.15, 0.2) is 0 Å². The van der Waals surface area contributed by atoms with Crippen LogP contribution < -0.4 is 5.32 Å². The zero-order valence-corrected chi connectivity index (χ0v) is 13.2. The number of nitrogens with one attached hydrogen (secondary N) is 1. The Morgan fingerprint density at radius 3 is 2.70 bits per heavy atom. The van der Waals surface area contributed by atoms with E-state index >= 15 is 0 Å². The van der Waals surface area contributed by atoms with Crippen LogP contribution in [0.3, 0.4) is 0 Å². The molecule has 5 nitrogen and oxygen atoms in total. The Morgan fingerprint density at radius 1 is 1.40 bits per heavy atom. The molecule has 6 heteroatoms. The maximum absolute atomic E-state index is 12.6. The first kappa shape index (κ1) is 15.3. The molecule has 0 aromatic carbocycles. The summed E-state index contributed by atoms with van der Waals surface area (Å²) in [6.07, 6.45) is 4.55. The van der Waals surface area contributed by atoms with Gasteiger partial charge in [-0.2, -0.15) is 4.31 Å². The molecule has 1 aromatic rings. The Bertz CT molecular complexity index is 602. The minimum Gasteiger partial charge on any atom is -0.349 e. The van der Waals surface area contributed by atoms with Gasteiger partial charge in [0.25, 0.3) is 0 Å². The van der Waals surface area contributed by atoms with Crippen LogP contribution in [0, 0.1) is 0 Å². The maximum atomic E-state index is 12.6. The van der Waals surface area contributed by atoms with E-state index in [2.05, 4.69) is 5.32 Å². The van der Waals surface area contributed by atoms with E-state index in [1.165, 1.54) is 5.57 Å². The van der Waals surface area contributed by atoms with Gasteiger partial charge in [0.2, 0.25) is 10.0 Å². The average molecular weight is 297 g/mol. The summed E-state index contributed by atoms with van der Waals surface area (Å²) in [5.74, 6) is 0. The third kappa shape index (κ3) is 2.97. The van der Waals surface area contributed by atoms with Crippen LogP contribution in [0.1, 0.15) is 26.0 Å². The lowest BCUT2D eigenvalue weighted by molar-refractivity contribution is 0.431. The van der Waals surface area contributed by atoms with Crippen molar-refractivity contribution in [1.29, 1.82) is 0 Å². The largest absolute Gasteiger partial charge is 0.349 e. The van der Waals surface area contributed by atoms with Crippen molar-refractivity contribution in [2.75, 3.05) is 20.1 Å². The number of sulfonamides is 1. The van der Waals surface area contributed by atoms with E-state index in [0.29, 0.717) is 24.5 Å². The third-order valence-electron chi connectivity index (χ3n) is 3.70. The summed E-state index contributed by atoms with van der Waals surface area (Å²) in [5, 5.41) is 3.07. The maximum Gasteiger partial charge on any atom is 0.244 e. The van der Waals surface area contributed by atoms with E-state index in [1.54, 1.807) is 16.6 Å². The molecule has 0 saturated heterocycles. The van der Waals surface area contributed by atoms with Crippen molar-refractivity contribution in [2.24, 2.45) is 0 Å². The van der Waals surface area contributed by atoms with Gasteiger partial charge in [-0.15, -0.1) is 0 Å². The van der Waals surface area contributed by atoms with Crippen LogP contribution in [-0.4, -0.2) is 37.4 Å². The summed E-state index contributed by atoms with van der Waals surface area (Å²) in [6.45, 7) is 6.55. The van der Waals surface area contributed by atoms with Crippen LogP contribution in [0.4, 0.5) is 0 Å². The number of aryl methyl sites for hydroxylation is 1. The Labute approximate surface area is 121 Å². The van der Waals surface area contributed by atoms with Gasteiger partial charge in [0.1, 0.15) is 4.90 Å². The molecule has 20 heavy (non-hydrogen) atoms. The topological polar surface area (TPSA) is 54.3 Å². The van der Waals surface area contributed by atoms with Crippen molar-refractivity contribution in [3.05, 3.63) is 29.6 Å². The third-order valence-corrected chi connectivity index (χ3v) is 5.53. The van der Waals surface area contributed by atoms with Gasteiger partial charge in [-0.3, -0.25) is 0 Å². The van der Waals surface area contributed by atoms with Crippen LogP contribution in [0.15, 0.2) is 28.8 Å². The molecule has 0 spiro atoms. The van der Waals surface area contributed by atoms with E-state index in [1.807, 2.05) is 31.5 Å². The van der Waals surface area contributed by atoms with E-state index in [4.69, 9.17) is 0 Å². The fourth-order valence-corrected chi connectivity index (χ4v) is 3.86. The highest BCUT2D eigenvalue weighted by Gasteiger charge is 2.27. The van der Waals surface area contributed by atoms with Crippen LogP contribution in [-0.2, 0) is 23.1 Å². The van der Waals surface area contributed by atoms with Gasteiger partial charge in [-0.25, -0.2) is 8.42 Å². The number of hydrogen-bond acceptors (Lipinski definition) is 3. The van der Waals surface area contributed by atoms with Crippen LogP contribution >= 0.6 is 0 Å². The standard InChI is InChI=1S/C14H23N3O2S/c1-4-16-11-14(9-13(16)10-15-3)20(18,19)17-7-5-12(2)6-8-17/h5,9,11,15H,4,6-8,10H2,1-3H3. The molecule has 0 bridgehead atoms. The molecule has 0 saturated carbocycles. The van der Waals surface area contributed by atoms with Crippen LogP contribution in [0.2, 0.25) is 0 Å². The highest BCUT2D eigenvalue weighted by Crippen LogP contribution is 2.22. The molecule has 2 rings (SSSR count). The lowest BCUT2D eigenvalue weighted by Crippen LogP contribution is -2.34. The van der Waals surface area contributed by atoms with Gasteiger partial charge in [0, 0.05) is 38.1 Å². The number of rotatable bonds is 5. The smallest absolute Gasteiger partial charge is 0.244 e. The Kier molecular flexibility index (Phi) is 4.67. The molecule has 0 radical (unpaired) electrons. The molecule has 0 unspecified atom stereocenters. The van der Waals surface area contributed by atoms with Gasteiger partial charge < -0.3 is 9.88 Å². The van der Waals surface area contributed by atoms with Crippen molar-refractivity contribution in [1.82, 2.24) is 14.2 Å². The lowest BCUT2D eigenvalue weighted by Gasteiger charge is -2.24. The summed E-state index contributed by atoms with van der Waals surface area (Å²) in [4.78, 5) is 0.401. The summed E-state index contributed by atoms with van der Waals surface area (Å²) >= 11 is 0. The Balaban J connectivity index is 2.30. The van der Waals surface area contributed by atoms with Gasteiger partial charge in [0.05, 0.1) is 0 Å². The van der Waals surface area contributed by atoms with Crippen LogP contribution in [0.5, 0.6) is 0 Å². The second-order valence-electron chi connectivity index (χ2n) is 5.15. The summed E-state index contributed by atoms with van der Waals surface area (Å²) < 4.78 is 28.8. The Hall–Kier alpha value is -1.11. The first-order valence-electron chi connectivity index (χ1n) is 6.98. The van der Waals surface area contributed by atoms with E-state index in [9.17, 15) is 8.42 Å². The molecule has 2 heterocycles. The molecule has 0 fully saturated rings. The van der Waals surface area contributed by atoms with E-state index in [-0.39, 0.29) is 0 Å². The number of aromatic nitrogens is 1. The minimum absolute atomic E-state index is 0.401. The zero-order chi connectivity index (χ0) is 14.8. The molecule has 112 valence electrons. The SMILES string of the molecule is CCn1cc(S(=O)(=O)N2CC=C(C)CC2)cc1CNC. The Morgan fingerprint density at radius 2 is 2.15 bits per heavy atom. The fourth-order valence-electron chi connectivity index (χ4n) is 2.41. The van der Waals surface area contributed by atoms with Gasteiger partial charge >= 0.3 is 0 Å². The molecule has 1 aliphatic rings. The van der Waals surface area contributed by atoms with Crippen molar-refractivity contribution in [3.63, 3.8) is 0 Å². The molecular weight excluding hydrogens is 274 g/mol. The lowest BCUT2D eigenvalue weighted by atomic mass is 10.1. The molecule has 1 aromatic heterocycles. The quantitative estimate of drug-likeness (QED) is 0.839. The summed E-state index contributed by atoms with van der Waals surface area (Å²) in [6, 6.07) is 1.78. The minimum atomic E-state index is -3.38. The second kappa shape index (κ2) is 6.11. The van der Waals surface area contributed by atoms with Crippen molar-refractivity contribution in [2.45, 2.75) is 38.3 Å². The normalized spacial score (nSPS) is 17.2. The van der Waals surface area contributed by atoms with Gasteiger partial charge in [-0.1, -0.05) is 11.6 Å². The van der Waals surface area contributed by atoms with E-state index < -0.39 is 10.0 Å². The highest BCUT2D eigenvalue weighted by molar-refractivity contribution is 7.89. The van der Waals surface area contributed by atoms with E-state index in [0.717, 1.165) is 18.7 Å². The number of nitrogens with zero attached hydrogens (tertiary/aromatic N) is 2. The molecular formula is C14H23N3O2S. The first-order valence-corrected chi connectivity index (χ1v) is 8.42. The molecule has 1 aliphatic heterocycles. The highest BCUT2D eigenvalue weighted by atomic mass is 32.2. The molecule has 1 N–H and O–H groups in total. The fraction of sp³-hybridized carbons (Fsp3) is 0.571. The summed E-state index contributed by atoms with van der Waals surface area (Å²) in [7, 11) is -1.51. The van der Waals surface area contributed by atoms with Crippen LogP contribution in [0.25, 0.3) is 0 Å². The first-order chi connectivity index (χ1) is 9.48. The predicted octanol–water partition coefficient (Wildman–Crippen LogP) is 1.57. The van der Waals surface area contributed by atoms with Gasteiger partial charge in [-0.05, 0) is 33.4 Å². The second-order valence-corrected chi connectivity index (χ2v) is 7.08. The monoisotopic (exact) mass is 297 g/mol. The zero-order valence-electron chi connectivity index (χ0n) is 12.4. The van der Waals surface area contributed by atoms with Crippen molar-refractivity contribution < 1.29 is 8.42 Å².